The first-order chi connectivity index (χ1) is 19.3. The molecule has 3 aromatic rings. The number of rotatable bonds is 5. The van der Waals surface area contributed by atoms with E-state index in [1.165, 1.54) is 11.0 Å². The molecule has 5 rings (SSSR count). The van der Waals surface area contributed by atoms with Crippen molar-refractivity contribution in [2.75, 3.05) is 6.54 Å². The number of aromatic nitrogens is 3. The van der Waals surface area contributed by atoms with Crippen LogP contribution in [0.1, 0.15) is 89.9 Å². The molecule has 2 aromatic heterocycles. The van der Waals surface area contributed by atoms with Gasteiger partial charge in [-0.05, 0) is 64.4 Å². The highest BCUT2D eigenvalue weighted by atomic mass is 35.5. The molecule has 2 amide bonds. The maximum Gasteiger partial charge on any atom is 0.417 e. The van der Waals surface area contributed by atoms with Crippen molar-refractivity contribution in [3.63, 3.8) is 0 Å². The first-order valence-electron chi connectivity index (χ1n) is 13.5. The molecule has 1 unspecified atom stereocenters. The number of benzene rings is 1. The van der Waals surface area contributed by atoms with Gasteiger partial charge in [0, 0.05) is 42.4 Å². The first-order valence-corrected chi connectivity index (χ1v) is 13.9. The van der Waals surface area contributed by atoms with Gasteiger partial charge in [-0.15, -0.1) is 0 Å². The minimum atomic E-state index is -4.70. The second-order valence-corrected chi connectivity index (χ2v) is 11.4. The first kappa shape index (κ1) is 28.9. The van der Waals surface area contributed by atoms with Gasteiger partial charge in [0.25, 0.3) is 11.8 Å². The lowest BCUT2D eigenvalue weighted by Gasteiger charge is -2.37. The molecule has 4 heterocycles. The maximum absolute atomic E-state index is 14.0. The van der Waals surface area contributed by atoms with Crippen LogP contribution in [0, 0.1) is 0 Å². The molecule has 41 heavy (non-hydrogen) atoms. The van der Waals surface area contributed by atoms with Gasteiger partial charge < -0.3 is 14.5 Å². The summed E-state index contributed by atoms with van der Waals surface area (Å²) in [7, 11) is 0. The monoisotopic (exact) mass is 589 g/mol. The second kappa shape index (κ2) is 10.7. The van der Waals surface area contributed by atoms with E-state index in [1.54, 1.807) is 15.8 Å². The highest BCUT2D eigenvalue weighted by Gasteiger charge is 2.41. The van der Waals surface area contributed by atoms with Crippen LogP contribution in [0.2, 0.25) is 5.02 Å². The van der Waals surface area contributed by atoms with Gasteiger partial charge in [-0.25, -0.2) is 4.98 Å². The normalized spacial score (nSPS) is 19.7. The minimum Gasteiger partial charge on any atom is -0.475 e. The van der Waals surface area contributed by atoms with Crippen LogP contribution in [0.3, 0.4) is 0 Å². The quantitative estimate of drug-likeness (QED) is 0.359. The molecule has 0 radical (unpaired) electrons. The Hall–Kier alpha value is -3.60. The van der Waals surface area contributed by atoms with Gasteiger partial charge in [0.15, 0.2) is 0 Å². The molecule has 0 N–H and O–H groups in total. The van der Waals surface area contributed by atoms with Gasteiger partial charge >= 0.3 is 6.18 Å². The molecule has 0 saturated heterocycles. The molecule has 2 aliphatic rings. The molecular weight excluding hydrogens is 559 g/mol. The van der Waals surface area contributed by atoms with Gasteiger partial charge in [0.2, 0.25) is 5.88 Å². The number of alkyl halides is 3. The Labute approximate surface area is 241 Å². The van der Waals surface area contributed by atoms with E-state index >= 15 is 0 Å². The standard InChI is InChI=1S/C29H31ClF3N5O3/c1-15(2)41-25-12-19(8-9-34-25)18(5)37-13-17(4)38-26(28(37)40)21-14-36(16(3)10-24(21)35-38)27(39)20-6-7-23(30)22(11-20)29(31,32)33/h6-9,11-12,15-18H,10,13-14H2,1-5H3/t16-,17-,18?/m1/s1. The number of carbonyl (C=O) groups is 2. The number of nitrogens with zero attached hydrogens (tertiary/aromatic N) is 5. The van der Waals surface area contributed by atoms with Crippen LogP contribution in [-0.4, -0.2) is 55.1 Å². The van der Waals surface area contributed by atoms with E-state index in [1.807, 2.05) is 46.8 Å². The van der Waals surface area contributed by atoms with Crippen LogP contribution in [-0.2, 0) is 19.1 Å². The largest absolute Gasteiger partial charge is 0.475 e. The highest BCUT2D eigenvalue weighted by molar-refractivity contribution is 6.31. The van der Waals surface area contributed by atoms with E-state index < -0.39 is 22.7 Å². The molecule has 0 aliphatic carbocycles. The van der Waals surface area contributed by atoms with E-state index in [0.29, 0.717) is 30.1 Å². The Morgan fingerprint density at radius 3 is 2.54 bits per heavy atom. The van der Waals surface area contributed by atoms with Crippen molar-refractivity contribution in [2.45, 2.75) is 78.0 Å². The molecule has 2 aliphatic heterocycles. The molecule has 12 heteroatoms. The predicted molar refractivity (Wildman–Crippen MR) is 146 cm³/mol. The van der Waals surface area contributed by atoms with Crippen molar-refractivity contribution < 1.29 is 27.5 Å². The summed E-state index contributed by atoms with van der Waals surface area (Å²) in [6, 6.07) is 6.06. The van der Waals surface area contributed by atoms with Crippen LogP contribution < -0.4 is 4.74 Å². The number of fused-ring (bicyclic) bond motifs is 3. The number of ether oxygens (including phenoxy) is 1. The van der Waals surface area contributed by atoms with Crippen molar-refractivity contribution in [1.82, 2.24) is 24.6 Å². The molecule has 0 spiro atoms. The van der Waals surface area contributed by atoms with Crippen molar-refractivity contribution in [3.8, 4) is 5.88 Å². The van der Waals surface area contributed by atoms with E-state index in [4.69, 9.17) is 21.4 Å². The average Bonchev–Trinajstić information content (AvgIpc) is 3.28. The van der Waals surface area contributed by atoms with E-state index in [-0.39, 0.29) is 42.2 Å². The fraction of sp³-hybridized carbons (Fsp3) is 0.448. The summed E-state index contributed by atoms with van der Waals surface area (Å²) < 4.78 is 47.9. The van der Waals surface area contributed by atoms with Crippen LogP contribution in [0.5, 0.6) is 5.88 Å². The minimum absolute atomic E-state index is 0.0495. The average molecular weight is 590 g/mol. The number of hydrogen-bond donors (Lipinski definition) is 0. The number of amides is 2. The lowest BCUT2D eigenvalue weighted by atomic mass is 9.96. The van der Waals surface area contributed by atoms with Crippen molar-refractivity contribution >= 4 is 23.4 Å². The van der Waals surface area contributed by atoms with Crippen LogP contribution >= 0.6 is 11.6 Å². The van der Waals surface area contributed by atoms with Crippen molar-refractivity contribution in [2.24, 2.45) is 0 Å². The molecule has 8 nitrogen and oxygen atoms in total. The van der Waals surface area contributed by atoms with Gasteiger partial charge in [-0.2, -0.15) is 18.3 Å². The van der Waals surface area contributed by atoms with Crippen molar-refractivity contribution in [1.29, 1.82) is 0 Å². The molecule has 0 saturated carbocycles. The second-order valence-electron chi connectivity index (χ2n) is 11.0. The maximum atomic E-state index is 14.0. The lowest BCUT2D eigenvalue weighted by molar-refractivity contribution is -0.137. The summed E-state index contributed by atoms with van der Waals surface area (Å²) in [4.78, 5) is 35.0. The molecule has 218 valence electrons. The molecule has 0 bridgehead atoms. The van der Waals surface area contributed by atoms with Crippen LogP contribution in [0.15, 0.2) is 36.5 Å². The number of carbonyl (C=O) groups excluding carboxylic acids is 2. The predicted octanol–water partition coefficient (Wildman–Crippen LogP) is 6.10. The lowest BCUT2D eigenvalue weighted by Crippen LogP contribution is -2.45. The zero-order chi connectivity index (χ0) is 29.8. The van der Waals surface area contributed by atoms with Crippen LogP contribution in [0.25, 0.3) is 0 Å². The zero-order valence-electron chi connectivity index (χ0n) is 23.4. The zero-order valence-corrected chi connectivity index (χ0v) is 24.1. The third-order valence-corrected chi connectivity index (χ3v) is 7.96. The van der Waals surface area contributed by atoms with Gasteiger partial charge in [-0.1, -0.05) is 11.6 Å². The Bertz CT molecular complexity index is 1510. The van der Waals surface area contributed by atoms with Gasteiger partial charge in [-0.3, -0.25) is 14.3 Å². The fourth-order valence-electron chi connectivity index (χ4n) is 5.51. The SMILES string of the molecule is CC(C)Oc1cc(C(C)N2C[C@@H](C)n3nc4c(c3C2=O)CN(C(=O)c2ccc(Cl)c(C(F)(F)F)c2)[C@H](C)C4)ccn1. The summed E-state index contributed by atoms with van der Waals surface area (Å²) in [6.45, 7) is 10.0. The number of pyridine rings is 1. The molecular formula is C29H31ClF3N5O3. The van der Waals surface area contributed by atoms with E-state index in [2.05, 4.69) is 4.98 Å². The summed E-state index contributed by atoms with van der Waals surface area (Å²) in [6.07, 6.45) is -2.72. The topological polar surface area (TPSA) is 80.6 Å². The van der Waals surface area contributed by atoms with E-state index in [0.717, 1.165) is 23.4 Å². The fourth-order valence-corrected chi connectivity index (χ4v) is 5.73. The summed E-state index contributed by atoms with van der Waals surface area (Å²) in [5, 5.41) is 4.27. The molecule has 1 aromatic carbocycles. The summed E-state index contributed by atoms with van der Waals surface area (Å²) >= 11 is 5.77. The summed E-state index contributed by atoms with van der Waals surface area (Å²) in [5.74, 6) is -0.315. The smallest absolute Gasteiger partial charge is 0.417 e. The molecule has 0 fully saturated rings. The number of hydrogen-bond acceptors (Lipinski definition) is 5. The van der Waals surface area contributed by atoms with E-state index in [9.17, 15) is 22.8 Å². The summed E-state index contributed by atoms with van der Waals surface area (Å²) in [5.41, 5.74) is 1.42. The third-order valence-electron chi connectivity index (χ3n) is 7.63. The highest BCUT2D eigenvalue weighted by Crippen LogP contribution is 2.38. The number of halogens is 4. The Morgan fingerprint density at radius 1 is 1.12 bits per heavy atom. The molecule has 3 atom stereocenters. The Kier molecular flexibility index (Phi) is 7.52. The van der Waals surface area contributed by atoms with Gasteiger partial charge in [0.05, 0.1) is 41.0 Å². The van der Waals surface area contributed by atoms with Gasteiger partial charge in [0.1, 0.15) is 5.69 Å². The Balaban J connectivity index is 1.45. The Morgan fingerprint density at radius 2 is 1.85 bits per heavy atom. The van der Waals surface area contributed by atoms with Crippen LogP contribution in [0.4, 0.5) is 13.2 Å². The van der Waals surface area contributed by atoms with Crippen molar-refractivity contribution in [3.05, 3.63) is 75.2 Å². The third kappa shape index (κ3) is 5.39.